The highest BCUT2D eigenvalue weighted by atomic mass is 16.5. The maximum absolute atomic E-state index is 12.4. The number of ether oxygens (including phenoxy) is 2. The first-order valence-corrected chi connectivity index (χ1v) is 13.8. The van der Waals surface area contributed by atoms with Crippen LogP contribution in [0.1, 0.15) is 23.2 Å². The quantitative estimate of drug-likeness (QED) is 0.286. The molecule has 1 aliphatic heterocycles. The first-order chi connectivity index (χ1) is 19.7. The second-order valence-corrected chi connectivity index (χ2v) is 10.0. The Morgan fingerprint density at radius 1 is 0.902 bits per heavy atom. The van der Waals surface area contributed by atoms with E-state index in [2.05, 4.69) is 46.0 Å². The Labute approximate surface area is 242 Å². The molecule has 0 radical (unpaired) electrons. The molecule has 1 atom stereocenters. The number of benzene rings is 1. The van der Waals surface area contributed by atoms with Gasteiger partial charge in [-0.3, -0.25) is 24.2 Å². The molecule has 1 aromatic carbocycles. The maximum Gasteiger partial charge on any atom is 0.328 e. The predicted octanol–water partition coefficient (Wildman–Crippen LogP) is -0.149. The highest BCUT2D eigenvalue weighted by Crippen LogP contribution is 2.05. The third-order valence-electron chi connectivity index (χ3n) is 6.75. The van der Waals surface area contributed by atoms with Gasteiger partial charge in [0.1, 0.15) is 6.04 Å². The van der Waals surface area contributed by atoms with Crippen LogP contribution in [0.25, 0.3) is 0 Å². The van der Waals surface area contributed by atoms with Gasteiger partial charge in [-0.05, 0) is 32.6 Å². The highest BCUT2D eigenvalue weighted by molar-refractivity contribution is 5.96. The summed E-state index contributed by atoms with van der Waals surface area (Å²) in [5.41, 5.74) is 0.394. The second-order valence-electron chi connectivity index (χ2n) is 10.0. The number of methoxy groups -OCH3 is 1. The van der Waals surface area contributed by atoms with Crippen molar-refractivity contribution in [2.24, 2.45) is 0 Å². The molecule has 12 heteroatoms. The van der Waals surface area contributed by atoms with Crippen molar-refractivity contribution in [3.63, 3.8) is 0 Å². The number of aliphatic carboxylic acids is 1. The molecule has 0 spiro atoms. The van der Waals surface area contributed by atoms with Crippen LogP contribution in [-0.4, -0.2) is 148 Å². The minimum absolute atomic E-state index is 0.00398. The molecule has 1 fully saturated rings. The van der Waals surface area contributed by atoms with Crippen molar-refractivity contribution >= 4 is 23.8 Å². The number of esters is 2. The van der Waals surface area contributed by atoms with Crippen molar-refractivity contribution in [3.8, 4) is 11.8 Å². The lowest BCUT2D eigenvalue weighted by Gasteiger charge is -2.30. The van der Waals surface area contributed by atoms with E-state index >= 15 is 0 Å². The third kappa shape index (κ3) is 14.1. The Bertz CT molecular complexity index is 1040. The molecule has 0 bridgehead atoms. The van der Waals surface area contributed by atoms with Crippen LogP contribution in [0.3, 0.4) is 0 Å². The molecule has 0 saturated carbocycles. The Morgan fingerprint density at radius 2 is 1.49 bits per heavy atom. The summed E-state index contributed by atoms with van der Waals surface area (Å²) in [7, 11) is 5.35. The van der Waals surface area contributed by atoms with Crippen molar-refractivity contribution in [3.05, 3.63) is 35.9 Å². The molecule has 1 saturated heterocycles. The summed E-state index contributed by atoms with van der Waals surface area (Å²) in [5.74, 6) is 3.44. The molecule has 2 N–H and O–H groups in total. The van der Waals surface area contributed by atoms with Gasteiger partial charge in [-0.1, -0.05) is 30.0 Å². The zero-order valence-electron chi connectivity index (χ0n) is 24.3. The molecule has 1 unspecified atom stereocenters. The Morgan fingerprint density at radius 3 is 2.12 bits per heavy atom. The summed E-state index contributed by atoms with van der Waals surface area (Å²) in [4.78, 5) is 56.7. The summed E-state index contributed by atoms with van der Waals surface area (Å²) in [6, 6.07) is 7.47. The molecule has 1 heterocycles. The van der Waals surface area contributed by atoms with E-state index in [1.165, 1.54) is 7.11 Å². The van der Waals surface area contributed by atoms with Crippen molar-refractivity contribution in [2.75, 3.05) is 93.3 Å². The largest absolute Gasteiger partial charge is 0.480 e. The SMILES string of the molecule is COC(=O)C(CCC(=O)OCC#CCN1CCN(C)CCN(C)CCN(CC(=O)O)CC1)NC(=O)c1ccccc1. The van der Waals surface area contributed by atoms with Crippen LogP contribution in [0.15, 0.2) is 30.3 Å². The van der Waals surface area contributed by atoms with Gasteiger partial charge >= 0.3 is 17.9 Å². The fourth-order valence-corrected chi connectivity index (χ4v) is 4.10. The number of nitrogens with one attached hydrogen (secondary N) is 1. The number of carboxylic acid groups (broad SMARTS) is 1. The van der Waals surface area contributed by atoms with Crippen molar-refractivity contribution < 1.29 is 33.8 Å². The third-order valence-corrected chi connectivity index (χ3v) is 6.75. The number of nitrogens with zero attached hydrogens (tertiary/aromatic N) is 4. The second kappa shape index (κ2) is 18.8. The fourth-order valence-electron chi connectivity index (χ4n) is 4.10. The average molecular weight is 574 g/mol. The number of likely N-dealkylation sites (N-methyl/N-ethyl adjacent to an activating group) is 2. The molecule has 1 aliphatic rings. The monoisotopic (exact) mass is 573 g/mol. The first-order valence-electron chi connectivity index (χ1n) is 13.8. The molecule has 2 rings (SSSR count). The van der Waals surface area contributed by atoms with Gasteiger partial charge in [0.25, 0.3) is 5.91 Å². The zero-order chi connectivity index (χ0) is 30.0. The van der Waals surface area contributed by atoms with Gasteiger partial charge in [0.05, 0.1) is 20.2 Å². The summed E-state index contributed by atoms with van der Waals surface area (Å²) >= 11 is 0. The van der Waals surface area contributed by atoms with Crippen LogP contribution in [0.5, 0.6) is 0 Å². The van der Waals surface area contributed by atoms with Gasteiger partial charge in [-0.2, -0.15) is 0 Å². The summed E-state index contributed by atoms with van der Waals surface area (Å²) in [6.07, 6.45) is -0.0645. The lowest BCUT2D eigenvalue weighted by atomic mass is 10.1. The van der Waals surface area contributed by atoms with E-state index in [0.29, 0.717) is 31.7 Å². The minimum atomic E-state index is -0.987. The fraction of sp³-hybridized carbons (Fsp3) is 0.586. The Balaban J connectivity index is 1.83. The van der Waals surface area contributed by atoms with Crippen molar-refractivity contribution in [1.82, 2.24) is 24.9 Å². The van der Waals surface area contributed by atoms with E-state index < -0.39 is 29.9 Å². The molecule has 1 aromatic rings. The number of hydrogen-bond acceptors (Lipinski definition) is 10. The highest BCUT2D eigenvalue weighted by Gasteiger charge is 2.23. The summed E-state index contributed by atoms with van der Waals surface area (Å²) in [6.45, 7) is 6.57. The molecule has 226 valence electrons. The van der Waals surface area contributed by atoms with Gasteiger partial charge in [-0.15, -0.1) is 0 Å². The van der Waals surface area contributed by atoms with E-state index in [4.69, 9.17) is 9.47 Å². The van der Waals surface area contributed by atoms with Crippen molar-refractivity contribution in [2.45, 2.75) is 18.9 Å². The van der Waals surface area contributed by atoms with E-state index in [9.17, 15) is 24.3 Å². The van der Waals surface area contributed by atoms with E-state index in [-0.39, 0.29) is 26.0 Å². The number of amides is 1. The zero-order valence-corrected chi connectivity index (χ0v) is 24.3. The molecule has 0 aromatic heterocycles. The molecule has 1 amide bonds. The smallest absolute Gasteiger partial charge is 0.328 e. The minimum Gasteiger partial charge on any atom is -0.480 e. The van der Waals surface area contributed by atoms with Gasteiger partial charge < -0.3 is 29.7 Å². The van der Waals surface area contributed by atoms with Gasteiger partial charge in [0.15, 0.2) is 6.61 Å². The summed E-state index contributed by atoms with van der Waals surface area (Å²) < 4.78 is 9.97. The predicted molar refractivity (Wildman–Crippen MR) is 153 cm³/mol. The number of carboxylic acids is 1. The molecular formula is C29H43N5O7. The lowest BCUT2D eigenvalue weighted by molar-refractivity contribution is -0.145. The van der Waals surface area contributed by atoms with Crippen LogP contribution >= 0.6 is 0 Å². The van der Waals surface area contributed by atoms with Crippen LogP contribution in [0.4, 0.5) is 0 Å². The molecule has 41 heavy (non-hydrogen) atoms. The number of carbonyl (C=O) groups excluding carboxylic acids is 3. The van der Waals surface area contributed by atoms with E-state index in [1.807, 2.05) is 4.90 Å². The van der Waals surface area contributed by atoms with Crippen LogP contribution < -0.4 is 5.32 Å². The topological polar surface area (TPSA) is 132 Å². The number of hydrogen-bond donors (Lipinski definition) is 2. The van der Waals surface area contributed by atoms with Crippen molar-refractivity contribution in [1.29, 1.82) is 0 Å². The Hall–Kier alpha value is -3.50. The first kappa shape index (κ1) is 33.7. The average Bonchev–Trinajstić information content (AvgIpc) is 2.96. The number of carbonyl (C=O) groups is 4. The van der Waals surface area contributed by atoms with Gasteiger partial charge in [0.2, 0.25) is 0 Å². The normalized spacial score (nSPS) is 17.1. The Kier molecular flexibility index (Phi) is 15.4. The lowest BCUT2D eigenvalue weighted by Crippen LogP contribution is -2.45. The molecule has 12 nitrogen and oxygen atoms in total. The van der Waals surface area contributed by atoms with E-state index in [1.54, 1.807) is 30.3 Å². The molecular weight excluding hydrogens is 530 g/mol. The molecule has 0 aliphatic carbocycles. The summed E-state index contributed by atoms with van der Waals surface area (Å²) in [5, 5.41) is 11.9. The standard InChI is InChI=1S/C29H43N5O7/c1-31-14-15-32(2)17-19-34(23-26(35)36)21-20-33(18-16-31)13-7-8-22-41-27(37)12-11-25(29(39)40-3)30-28(38)24-9-5-4-6-10-24/h4-6,9-10,25H,11-23H2,1-3H3,(H,30,38)(H,35,36). The van der Waals surface area contributed by atoms with Gasteiger partial charge in [0, 0.05) is 64.3 Å². The van der Waals surface area contributed by atoms with Crippen LogP contribution in [0.2, 0.25) is 0 Å². The number of rotatable bonds is 10. The van der Waals surface area contributed by atoms with E-state index in [0.717, 1.165) is 32.7 Å². The van der Waals surface area contributed by atoms with Gasteiger partial charge in [-0.25, -0.2) is 4.79 Å². The van der Waals surface area contributed by atoms with Crippen LogP contribution in [-0.2, 0) is 23.9 Å². The van der Waals surface area contributed by atoms with Crippen LogP contribution in [0, 0.1) is 11.8 Å². The maximum atomic E-state index is 12.4.